The van der Waals surface area contributed by atoms with Crippen LogP contribution in [0.2, 0.25) is 0 Å². The number of aromatic carboxylic acids is 1. The molecule has 4 nitrogen and oxygen atoms in total. The van der Waals surface area contributed by atoms with Crippen LogP contribution in [0.25, 0.3) is 0 Å². The van der Waals surface area contributed by atoms with Gasteiger partial charge < -0.3 is 9.84 Å². The van der Waals surface area contributed by atoms with Crippen molar-refractivity contribution in [1.29, 1.82) is 0 Å². The molecule has 0 aliphatic rings. The van der Waals surface area contributed by atoms with Gasteiger partial charge in [-0.15, -0.1) is 12.4 Å². The highest BCUT2D eigenvalue weighted by atomic mass is 35.5. The molecule has 0 saturated carbocycles. The van der Waals surface area contributed by atoms with Gasteiger partial charge in [0.1, 0.15) is 0 Å². The Bertz CT molecular complexity index is 345. The van der Waals surface area contributed by atoms with Gasteiger partial charge in [-0.05, 0) is 31.2 Å². The first kappa shape index (κ1) is 13.4. The molecule has 1 aromatic carbocycles. The van der Waals surface area contributed by atoms with Crippen molar-refractivity contribution in [3.8, 4) is 0 Å². The number of halogens is 1. The minimum atomic E-state index is -1.01. The Balaban J connectivity index is 0.00000196. The SMILES string of the molecule is CCOC(=O)c1ccc(C(=O)O)cc1.Cl. The van der Waals surface area contributed by atoms with Gasteiger partial charge in [0, 0.05) is 0 Å². The molecule has 5 heteroatoms. The Kier molecular flexibility index (Phi) is 5.41. The van der Waals surface area contributed by atoms with E-state index in [1.165, 1.54) is 24.3 Å². The summed E-state index contributed by atoms with van der Waals surface area (Å²) in [5.41, 5.74) is 0.509. The molecule has 15 heavy (non-hydrogen) atoms. The van der Waals surface area contributed by atoms with E-state index in [1.807, 2.05) is 0 Å². The fraction of sp³-hybridized carbons (Fsp3) is 0.200. The van der Waals surface area contributed by atoms with E-state index in [4.69, 9.17) is 9.84 Å². The second-order valence-electron chi connectivity index (χ2n) is 2.60. The van der Waals surface area contributed by atoms with E-state index >= 15 is 0 Å². The van der Waals surface area contributed by atoms with Crippen LogP contribution < -0.4 is 0 Å². The quantitative estimate of drug-likeness (QED) is 0.807. The Hall–Kier alpha value is -1.55. The molecular formula is C10H11ClO4. The molecule has 0 fully saturated rings. The van der Waals surface area contributed by atoms with E-state index in [-0.39, 0.29) is 18.0 Å². The van der Waals surface area contributed by atoms with Crippen LogP contribution >= 0.6 is 12.4 Å². The number of benzene rings is 1. The average Bonchev–Trinajstić information content (AvgIpc) is 2.18. The lowest BCUT2D eigenvalue weighted by molar-refractivity contribution is 0.0525. The molecule has 0 aromatic heterocycles. The summed E-state index contributed by atoms with van der Waals surface area (Å²) in [4.78, 5) is 21.6. The molecule has 0 atom stereocenters. The fourth-order valence-corrected chi connectivity index (χ4v) is 0.963. The summed E-state index contributed by atoms with van der Waals surface area (Å²) in [6.45, 7) is 2.02. The first-order chi connectivity index (χ1) is 6.65. The summed E-state index contributed by atoms with van der Waals surface area (Å²) >= 11 is 0. The third-order valence-corrected chi connectivity index (χ3v) is 1.64. The van der Waals surface area contributed by atoms with Gasteiger partial charge in [-0.25, -0.2) is 9.59 Å². The van der Waals surface area contributed by atoms with Crippen LogP contribution in [0.4, 0.5) is 0 Å². The minimum Gasteiger partial charge on any atom is -0.478 e. The molecule has 0 amide bonds. The lowest BCUT2D eigenvalue weighted by atomic mass is 10.1. The van der Waals surface area contributed by atoms with E-state index in [0.717, 1.165) is 0 Å². The van der Waals surface area contributed by atoms with Gasteiger partial charge in [0.25, 0.3) is 0 Å². The van der Waals surface area contributed by atoms with E-state index < -0.39 is 11.9 Å². The van der Waals surface area contributed by atoms with Crippen molar-refractivity contribution in [3.05, 3.63) is 35.4 Å². The lowest BCUT2D eigenvalue weighted by Crippen LogP contribution is -2.05. The highest BCUT2D eigenvalue weighted by molar-refractivity contribution is 5.92. The van der Waals surface area contributed by atoms with Crippen molar-refractivity contribution in [3.63, 3.8) is 0 Å². The number of esters is 1. The minimum absolute atomic E-state index is 0. The van der Waals surface area contributed by atoms with E-state index in [0.29, 0.717) is 12.2 Å². The van der Waals surface area contributed by atoms with Crippen LogP contribution in [0.1, 0.15) is 27.6 Å². The topological polar surface area (TPSA) is 63.6 Å². The molecule has 0 saturated heterocycles. The van der Waals surface area contributed by atoms with Crippen molar-refractivity contribution in [2.75, 3.05) is 6.61 Å². The van der Waals surface area contributed by atoms with Crippen LogP contribution in [0.5, 0.6) is 0 Å². The first-order valence-electron chi connectivity index (χ1n) is 4.15. The summed E-state index contributed by atoms with van der Waals surface area (Å²) in [7, 11) is 0. The van der Waals surface area contributed by atoms with Crippen LogP contribution in [-0.4, -0.2) is 23.7 Å². The normalized spacial score (nSPS) is 8.87. The number of ether oxygens (including phenoxy) is 1. The number of hydrogen-bond acceptors (Lipinski definition) is 3. The summed E-state index contributed by atoms with van der Waals surface area (Å²) in [5, 5.41) is 8.60. The number of carbonyl (C=O) groups is 2. The number of hydrogen-bond donors (Lipinski definition) is 1. The maximum absolute atomic E-state index is 11.2. The summed E-state index contributed by atoms with van der Waals surface area (Å²) in [5.74, 6) is -1.45. The number of rotatable bonds is 3. The summed E-state index contributed by atoms with van der Waals surface area (Å²) in [6, 6.07) is 5.60. The van der Waals surface area contributed by atoms with E-state index in [1.54, 1.807) is 6.92 Å². The monoisotopic (exact) mass is 230 g/mol. The smallest absolute Gasteiger partial charge is 0.338 e. The predicted octanol–water partition coefficient (Wildman–Crippen LogP) is 1.98. The third-order valence-electron chi connectivity index (χ3n) is 1.64. The van der Waals surface area contributed by atoms with Crippen molar-refractivity contribution in [1.82, 2.24) is 0 Å². The summed E-state index contributed by atoms with van der Waals surface area (Å²) < 4.78 is 4.74. The Morgan fingerprint density at radius 2 is 1.67 bits per heavy atom. The zero-order valence-corrected chi connectivity index (χ0v) is 8.91. The first-order valence-corrected chi connectivity index (χ1v) is 4.15. The molecule has 0 bridgehead atoms. The molecule has 0 aliphatic carbocycles. The highest BCUT2D eigenvalue weighted by Crippen LogP contribution is 2.05. The van der Waals surface area contributed by atoms with Crippen molar-refractivity contribution in [2.24, 2.45) is 0 Å². The van der Waals surface area contributed by atoms with Gasteiger partial charge >= 0.3 is 11.9 Å². The molecule has 1 rings (SSSR count). The molecule has 0 spiro atoms. The van der Waals surface area contributed by atoms with Crippen LogP contribution in [0.3, 0.4) is 0 Å². The average molecular weight is 231 g/mol. The predicted molar refractivity (Wildman–Crippen MR) is 56.6 cm³/mol. The van der Waals surface area contributed by atoms with Gasteiger partial charge in [0.2, 0.25) is 0 Å². The van der Waals surface area contributed by atoms with E-state index in [9.17, 15) is 9.59 Å². The Morgan fingerprint density at radius 1 is 1.20 bits per heavy atom. The molecule has 1 aromatic rings. The van der Waals surface area contributed by atoms with Gasteiger partial charge in [0.15, 0.2) is 0 Å². The van der Waals surface area contributed by atoms with Crippen LogP contribution in [0, 0.1) is 0 Å². The van der Waals surface area contributed by atoms with E-state index in [2.05, 4.69) is 0 Å². The van der Waals surface area contributed by atoms with Gasteiger partial charge in [-0.1, -0.05) is 0 Å². The fourth-order valence-electron chi connectivity index (χ4n) is 0.963. The second-order valence-corrected chi connectivity index (χ2v) is 2.60. The van der Waals surface area contributed by atoms with Gasteiger partial charge in [-0.3, -0.25) is 0 Å². The largest absolute Gasteiger partial charge is 0.478 e. The maximum atomic E-state index is 11.2. The third kappa shape index (κ3) is 3.59. The molecule has 82 valence electrons. The Labute approximate surface area is 93.3 Å². The molecule has 0 radical (unpaired) electrons. The standard InChI is InChI=1S/C10H10O4.ClH/c1-2-14-10(13)8-5-3-7(4-6-8)9(11)12;/h3-6H,2H2,1H3,(H,11,12);1H. The maximum Gasteiger partial charge on any atom is 0.338 e. The van der Waals surface area contributed by atoms with Crippen LogP contribution in [-0.2, 0) is 4.74 Å². The van der Waals surface area contributed by atoms with Crippen molar-refractivity contribution < 1.29 is 19.4 Å². The van der Waals surface area contributed by atoms with Gasteiger partial charge in [0.05, 0.1) is 17.7 Å². The molecule has 0 heterocycles. The number of carbonyl (C=O) groups excluding carboxylic acids is 1. The highest BCUT2D eigenvalue weighted by Gasteiger charge is 2.07. The summed E-state index contributed by atoms with van der Waals surface area (Å²) in [6.07, 6.45) is 0. The molecule has 0 aliphatic heterocycles. The molecular weight excluding hydrogens is 220 g/mol. The zero-order chi connectivity index (χ0) is 10.6. The molecule has 1 N–H and O–H groups in total. The zero-order valence-electron chi connectivity index (χ0n) is 8.10. The van der Waals surface area contributed by atoms with Crippen molar-refractivity contribution >= 4 is 24.3 Å². The Morgan fingerprint density at radius 3 is 2.07 bits per heavy atom. The van der Waals surface area contributed by atoms with Gasteiger partial charge in [-0.2, -0.15) is 0 Å². The van der Waals surface area contributed by atoms with Crippen molar-refractivity contribution in [2.45, 2.75) is 6.92 Å². The molecule has 0 unspecified atom stereocenters. The lowest BCUT2D eigenvalue weighted by Gasteiger charge is -2.01. The number of carboxylic acids is 1. The van der Waals surface area contributed by atoms with Crippen LogP contribution in [0.15, 0.2) is 24.3 Å². The second kappa shape index (κ2) is 6.03. The number of carboxylic acid groups (broad SMARTS) is 1.